The Kier molecular flexibility index (Phi) is 6.72. The highest BCUT2D eigenvalue weighted by Crippen LogP contribution is 2.23. The summed E-state index contributed by atoms with van der Waals surface area (Å²) in [7, 11) is 2.10. The molecule has 21 heavy (non-hydrogen) atoms. The van der Waals surface area contributed by atoms with Crippen molar-refractivity contribution in [2.45, 2.75) is 64.5 Å². The molecule has 1 aromatic rings. The summed E-state index contributed by atoms with van der Waals surface area (Å²) in [5, 5.41) is 3.55. The lowest BCUT2D eigenvalue weighted by Crippen LogP contribution is -2.43. The molecule has 2 atom stereocenters. The molecule has 1 fully saturated rings. The van der Waals surface area contributed by atoms with Gasteiger partial charge in [-0.15, -0.1) is 0 Å². The van der Waals surface area contributed by atoms with E-state index in [9.17, 15) is 0 Å². The summed E-state index contributed by atoms with van der Waals surface area (Å²) in [6.45, 7) is 7.11. The molecule has 0 saturated carbocycles. The Labute approximate surface area is 130 Å². The lowest BCUT2D eigenvalue weighted by Gasteiger charge is -2.36. The van der Waals surface area contributed by atoms with Gasteiger partial charge in [-0.3, -0.25) is 4.90 Å². The van der Waals surface area contributed by atoms with Crippen molar-refractivity contribution < 1.29 is 0 Å². The molecule has 2 heteroatoms. The number of hydrogen-bond donors (Lipinski definition) is 1. The molecular weight excluding hydrogens is 256 g/mol. The van der Waals surface area contributed by atoms with E-state index in [1.165, 1.54) is 56.3 Å². The van der Waals surface area contributed by atoms with Crippen molar-refractivity contribution in [3.05, 3.63) is 35.4 Å². The van der Waals surface area contributed by atoms with Gasteiger partial charge in [0.1, 0.15) is 0 Å². The maximum absolute atomic E-state index is 3.55. The smallest absolute Gasteiger partial charge is 0.0473 e. The fourth-order valence-electron chi connectivity index (χ4n) is 3.54. The van der Waals surface area contributed by atoms with E-state index in [0.717, 1.165) is 6.42 Å². The van der Waals surface area contributed by atoms with Gasteiger partial charge in [0, 0.05) is 12.1 Å². The van der Waals surface area contributed by atoms with Crippen molar-refractivity contribution in [1.29, 1.82) is 0 Å². The van der Waals surface area contributed by atoms with E-state index in [2.05, 4.69) is 55.4 Å². The highest BCUT2D eigenvalue weighted by atomic mass is 15.2. The first-order valence-corrected chi connectivity index (χ1v) is 8.76. The van der Waals surface area contributed by atoms with Gasteiger partial charge in [-0.05, 0) is 57.5 Å². The van der Waals surface area contributed by atoms with E-state index in [1.807, 2.05) is 0 Å². The average Bonchev–Trinajstić information content (AvgIpc) is 2.48. The Morgan fingerprint density at radius 2 is 1.57 bits per heavy atom. The van der Waals surface area contributed by atoms with Crippen LogP contribution in [0.3, 0.4) is 0 Å². The fourth-order valence-corrected chi connectivity index (χ4v) is 3.54. The summed E-state index contributed by atoms with van der Waals surface area (Å²) < 4.78 is 0. The SMILES string of the molecule is CCc1ccc(C(NC)C(C)N2CCCCCCC2)cc1. The molecule has 0 aromatic heterocycles. The lowest BCUT2D eigenvalue weighted by atomic mass is 9.96. The van der Waals surface area contributed by atoms with Crippen LogP contribution in [0.2, 0.25) is 0 Å². The third kappa shape index (κ3) is 4.55. The molecule has 0 bridgehead atoms. The molecule has 0 spiro atoms. The minimum Gasteiger partial charge on any atom is -0.312 e. The normalized spacial score (nSPS) is 20.5. The van der Waals surface area contributed by atoms with Crippen LogP contribution >= 0.6 is 0 Å². The molecule has 1 aromatic carbocycles. The highest BCUT2D eigenvalue weighted by Gasteiger charge is 2.23. The molecule has 2 nitrogen and oxygen atoms in total. The van der Waals surface area contributed by atoms with Crippen LogP contribution < -0.4 is 5.32 Å². The summed E-state index contributed by atoms with van der Waals surface area (Å²) >= 11 is 0. The van der Waals surface area contributed by atoms with Gasteiger partial charge in [-0.2, -0.15) is 0 Å². The Balaban J connectivity index is 2.06. The quantitative estimate of drug-likeness (QED) is 0.875. The van der Waals surface area contributed by atoms with Gasteiger partial charge in [0.15, 0.2) is 0 Å². The zero-order chi connectivity index (χ0) is 15.1. The van der Waals surface area contributed by atoms with Crippen molar-refractivity contribution in [3.8, 4) is 0 Å². The van der Waals surface area contributed by atoms with E-state index < -0.39 is 0 Å². The van der Waals surface area contributed by atoms with Gasteiger partial charge >= 0.3 is 0 Å². The molecule has 0 amide bonds. The molecule has 0 aliphatic carbocycles. The third-order valence-electron chi connectivity index (χ3n) is 5.01. The number of rotatable bonds is 5. The molecule has 2 rings (SSSR count). The first kappa shape index (κ1) is 16.5. The van der Waals surface area contributed by atoms with Gasteiger partial charge in [0.05, 0.1) is 0 Å². The maximum atomic E-state index is 3.55. The second-order valence-corrected chi connectivity index (χ2v) is 6.41. The number of likely N-dealkylation sites (N-methyl/N-ethyl adjacent to an activating group) is 1. The Hall–Kier alpha value is -0.860. The molecule has 1 N–H and O–H groups in total. The largest absolute Gasteiger partial charge is 0.312 e. The fraction of sp³-hybridized carbons (Fsp3) is 0.684. The summed E-state index contributed by atoms with van der Waals surface area (Å²) in [6.07, 6.45) is 8.06. The predicted octanol–water partition coefficient (Wildman–Crippen LogP) is 4.16. The van der Waals surface area contributed by atoms with Gasteiger partial charge in [-0.1, -0.05) is 50.5 Å². The van der Waals surface area contributed by atoms with Crippen molar-refractivity contribution in [2.24, 2.45) is 0 Å². The van der Waals surface area contributed by atoms with Crippen molar-refractivity contribution in [3.63, 3.8) is 0 Å². The lowest BCUT2D eigenvalue weighted by molar-refractivity contribution is 0.158. The van der Waals surface area contributed by atoms with E-state index in [-0.39, 0.29) is 0 Å². The van der Waals surface area contributed by atoms with Crippen LogP contribution in [0, 0.1) is 0 Å². The summed E-state index contributed by atoms with van der Waals surface area (Å²) in [6, 6.07) is 10.1. The summed E-state index contributed by atoms with van der Waals surface area (Å²) in [5.41, 5.74) is 2.84. The zero-order valence-corrected chi connectivity index (χ0v) is 14.1. The number of nitrogens with one attached hydrogen (secondary N) is 1. The van der Waals surface area contributed by atoms with Crippen molar-refractivity contribution in [1.82, 2.24) is 10.2 Å². The average molecular weight is 288 g/mol. The molecule has 1 saturated heterocycles. The van der Waals surface area contributed by atoms with Crippen LogP contribution in [0.25, 0.3) is 0 Å². The van der Waals surface area contributed by atoms with Crippen LogP contribution in [-0.4, -0.2) is 31.1 Å². The number of likely N-dealkylation sites (tertiary alicyclic amines) is 1. The van der Waals surface area contributed by atoms with Crippen molar-refractivity contribution in [2.75, 3.05) is 20.1 Å². The first-order valence-electron chi connectivity index (χ1n) is 8.76. The van der Waals surface area contributed by atoms with E-state index in [0.29, 0.717) is 12.1 Å². The molecular formula is C19H32N2. The molecule has 1 aliphatic heterocycles. The third-order valence-corrected chi connectivity index (χ3v) is 5.01. The Bertz CT molecular complexity index is 391. The van der Waals surface area contributed by atoms with Crippen LogP contribution in [0.15, 0.2) is 24.3 Å². The molecule has 0 radical (unpaired) electrons. The Morgan fingerprint density at radius 1 is 1.00 bits per heavy atom. The maximum Gasteiger partial charge on any atom is 0.0473 e. The highest BCUT2D eigenvalue weighted by molar-refractivity contribution is 5.26. The minimum atomic E-state index is 0.426. The number of hydrogen-bond acceptors (Lipinski definition) is 2. The van der Waals surface area contributed by atoms with Gasteiger partial charge in [-0.25, -0.2) is 0 Å². The number of aryl methyl sites for hydroxylation is 1. The standard InChI is InChI=1S/C19H32N2/c1-4-17-10-12-18(13-11-17)19(20-3)16(2)21-14-8-6-5-7-9-15-21/h10-13,16,19-20H,4-9,14-15H2,1-3H3. The minimum absolute atomic E-state index is 0.426. The van der Waals surface area contributed by atoms with E-state index in [4.69, 9.17) is 0 Å². The van der Waals surface area contributed by atoms with Gasteiger partial charge in [0.2, 0.25) is 0 Å². The van der Waals surface area contributed by atoms with Gasteiger partial charge in [0.25, 0.3) is 0 Å². The van der Waals surface area contributed by atoms with Crippen LogP contribution in [-0.2, 0) is 6.42 Å². The Morgan fingerprint density at radius 3 is 2.10 bits per heavy atom. The molecule has 1 aliphatic rings. The first-order chi connectivity index (χ1) is 10.3. The number of benzene rings is 1. The monoisotopic (exact) mass is 288 g/mol. The van der Waals surface area contributed by atoms with E-state index in [1.54, 1.807) is 0 Å². The molecule has 1 heterocycles. The zero-order valence-electron chi connectivity index (χ0n) is 14.1. The molecule has 2 unspecified atom stereocenters. The van der Waals surface area contributed by atoms with E-state index >= 15 is 0 Å². The van der Waals surface area contributed by atoms with Crippen LogP contribution in [0.4, 0.5) is 0 Å². The summed E-state index contributed by atoms with van der Waals surface area (Å²) in [5.74, 6) is 0. The topological polar surface area (TPSA) is 15.3 Å². The van der Waals surface area contributed by atoms with Gasteiger partial charge < -0.3 is 5.32 Å². The van der Waals surface area contributed by atoms with Crippen LogP contribution in [0.5, 0.6) is 0 Å². The van der Waals surface area contributed by atoms with Crippen LogP contribution in [0.1, 0.15) is 63.1 Å². The summed E-state index contributed by atoms with van der Waals surface area (Å²) in [4.78, 5) is 2.69. The second-order valence-electron chi connectivity index (χ2n) is 6.41. The van der Waals surface area contributed by atoms with Crippen molar-refractivity contribution >= 4 is 0 Å². The predicted molar refractivity (Wildman–Crippen MR) is 91.7 cm³/mol. The molecule has 118 valence electrons. The second kappa shape index (κ2) is 8.55. The number of nitrogens with zero attached hydrogens (tertiary/aromatic N) is 1.